The first-order valence-electron chi connectivity index (χ1n) is 10.1. The summed E-state index contributed by atoms with van der Waals surface area (Å²) in [4.78, 5) is 4.89. The highest BCUT2D eigenvalue weighted by Crippen LogP contribution is 2.36. The van der Waals surface area contributed by atoms with Crippen LogP contribution in [-0.4, -0.2) is 58.6 Å². The van der Waals surface area contributed by atoms with Crippen molar-refractivity contribution in [1.82, 2.24) is 10.6 Å². The van der Waals surface area contributed by atoms with Gasteiger partial charge in [-0.15, -0.1) is 0 Å². The molecule has 152 valence electrons. The molecule has 1 heterocycles. The molecule has 0 amide bonds. The van der Waals surface area contributed by atoms with Gasteiger partial charge in [-0.05, 0) is 51.3 Å². The lowest BCUT2D eigenvalue weighted by Crippen LogP contribution is -2.42. The van der Waals surface area contributed by atoms with Gasteiger partial charge in [0.1, 0.15) is 5.75 Å². The molecule has 0 spiro atoms. The predicted octanol–water partition coefficient (Wildman–Crippen LogP) is 2.73. The van der Waals surface area contributed by atoms with Gasteiger partial charge in [-0.1, -0.05) is 12.1 Å². The molecule has 0 saturated carbocycles. The Balaban J connectivity index is 2.11. The number of ether oxygens (including phenoxy) is 3. The van der Waals surface area contributed by atoms with Gasteiger partial charge in [0.15, 0.2) is 5.96 Å². The number of rotatable bonds is 10. The van der Waals surface area contributed by atoms with Crippen LogP contribution in [0.4, 0.5) is 0 Å². The maximum absolute atomic E-state index is 5.63. The van der Waals surface area contributed by atoms with E-state index in [-0.39, 0.29) is 5.41 Å². The van der Waals surface area contributed by atoms with Crippen molar-refractivity contribution in [2.45, 2.75) is 39.0 Å². The van der Waals surface area contributed by atoms with Crippen LogP contribution in [0.1, 0.15) is 39.2 Å². The van der Waals surface area contributed by atoms with Gasteiger partial charge in [-0.2, -0.15) is 0 Å². The summed E-state index contributed by atoms with van der Waals surface area (Å²) in [5.74, 6) is 1.76. The second kappa shape index (κ2) is 11.8. The van der Waals surface area contributed by atoms with E-state index in [0.717, 1.165) is 64.0 Å². The lowest BCUT2D eigenvalue weighted by atomic mass is 9.74. The molecule has 1 aromatic carbocycles. The topological polar surface area (TPSA) is 64.1 Å². The van der Waals surface area contributed by atoms with Crippen molar-refractivity contribution >= 4 is 5.96 Å². The molecule has 6 nitrogen and oxygen atoms in total. The third kappa shape index (κ3) is 6.70. The Morgan fingerprint density at radius 2 is 1.81 bits per heavy atom. The van der Waals surface area contributed by atoms with Gasteiger partial charge in [0.2, 0.25) is 0 Å². The van der Waals surface area contributed by atoms with Crippen LogP contribution in [0, 0.1) is 0 Å². The summed E-state index contributed by atoms with van der Waals surface area (Å²) in [5, 5.41) is 6.68. The lowest BCUT2D eigenvalue weighted by molar-refractivity contribution is 0.0531. The zero-order valence-corrected chi connectivity index (χ0v) is 17.1. The second-order valence-corrected chi connectivity index (χ2v) is 6.67. The number of aliphatic imine (C=N–C) groups is 1. The Morgan fingerprint density at radius 1 is 1.07 bits per heavy atom. The quantitative estimate of drug-likeness (QED) is 0.373. The first-order chi connectivity index (χ1) is 13.2. The highest BCUT2D eigenvalue weighted by atomic mass is 16.5. The Labute approximate surface area is 163 Å². The van der Waals surface area contributed by atoms with Crippen molar-refractivity contribution in [2.24, 2.45) is 4.99 Å². The molecule has 0 aliphatic carbocycles. The second-order valence-electron chi connectivity index (χ2n) is 6.67. The molecule has 1 aromatic rings. The third-order valence-corrected chi connectivity index (χ3v) is 4.85. The van der Waals surface area contributed by atoms with Crippen LogP contribution >= 0.6 is 0 Å². The number of hydrogen-bond acceptors (Lipinski definition) is 4. The fourth-order valence-corrected chi connectivity index (χ4v) is 3.33. The molecular formula is C21H35N3O3. The maximum atomic E-state index is 5.63. The average molecular weight is 378 g/mol. The van der Waals surface area contributed by atoms with Crippen LogP contribution in [0.3, 0.4) is 0 Å². The largest absolute Gasteiger partial charge is 0.494 e. The standard InChI is InChI=1S/C21H35N3O3/c1-4-22-20(23-13-16-25-5-2)24-17-21(11-14-26-15-12-21)18-7-9-19(10-8-18)27-6-3/h7-10H,4-6,11-17H2,1-3H3,(H2,22,23,24). The molecule has 0 atom stereocenters. The van der Waals surface area contributed by atoms with Gasteiger partial charge in [0.25, 0.3) is 0 Å². The Kier molecular flexibility index (Phi) is 9.42. The predicted molar refractivity (Wildman–Crippen MR) is 110 cm³/mol. The Morgan fingerprint density at radius 3 is 2.44 bits per heavy atom. The molecule has 6 heteroatoms. The first kappa shape index (κ1) is 21.5. The number of hydrogen-bond donors (Lipinski definition) is 2. The first-order valence-corrected chi connectivity index (χ1v) is 10.1. The summed E-state index contributed by atoms with van der Waals surface area (Å²) in [7, 11) is 0. The SMILES string of the molecule is CCNC(=NCC1(c2ccc(OCC)cc2)CCOCC1)NCCOCC. The van der Waals surface area contributed by atoms with Gasteiger partial charge in [-0.25, -0.2) is 0 Å². The minimum Gasteiger partial charge on any atom is -0.494 e. The van der Waals surface area contributed by atoms with E-state index < -0.39 is 0 Å². The van der Waals surface area contributed by atoms with Crippen LogP contribution in [0.15, 0.2) is 29.3 Å². The van der Waals surface area contributed by atoms with E-state index in [0.29, 0.717) is 13.2 Å². The number of nitrogens with zero attached hydrogens (tertiary/aromatic N) is 1. The summed E-state index contributed by atoms with van der Waals surface area (Å²) in [6.07, 6.45) is 1.95. The average Bonchev–Trinajstić information content (AvgIpc) is 2.71. The zero-order valence-electron chi connectivity index (χ0n) is 17.1. The minimum absolute atomic E-state index is 0.00522. The van der Waals surface area contributed by atoms with E-state index >= 15 is 0 Å². The molecule has 0 aromatic heterocycles. The highest BCUT2D eigenvalue weighted by Gasteiger charge is 2.34. The van der Waals surface area contributed by atoms with E-state index in [1.165, 1.54) is 5.56 Å². The molecule has 0 bridgehead atoms. The summed E-state index contributed by atoms with van der Waals surface area (Å²) in [6.45, 7) is 12.0. The lowest BCUT2D eigenvalue weighted by Gasteiger charge is -2.36. The van der Waals surface area contributed by atoms with Crippen LogP contribution in [0.5, 0.6) is 5.75 Å². The van der Waals surface area contributed by atoms with Crippen molar-refractivity contribution < 1.29 is 14.2 Å². The van der Waals surface area contributed by atoms with E-state index in [1.807, 2.05) is 13.8 Å². The molecule has 2 rings (SSSR count). The molecule has 1 fully saturated rings. The van der Waals surface area contributed by atoms with Crippen molar-refractivity contribution in [3.8, 4) is 5.75 Å². The van der Waals surface area contributed by atoms with E-state index in [1.54, 1.807) is 0 Å². The van der Waals surface area contributed by atoms with Crippen molar-refractivity contribution in [2.75, 3.05) is 52.7 Å². The Hall–Kier alpha value is -1.79. The normalized spacial score (nSPS) is 16.8. The summed E-state index contributed by atoms with van der Waals surface area (Å²) in [6, 6.07) is 8.49. The fourth-order valence-electron chi connectivity index (χ4n) is 3.33. The molecule has 1 aliphatic rings. The molecule has 0 unspecified atom stereocenters. The molecule has 2 N–H and O–H groups in total. The monoisotopic (exact) mass is 377 g/mol. The molecule has 0 radical (unpaired) electrons. The van der Waals surface area contributed by atoms with Gasteiger partial charge >= 0.3 is 0 Å². The maximum Gasteiger partial charge on any atom is 0.191 e. The fraction of sp³-hybridized carbons (Fsp3) is 0.667. The van der Waals surface area contributed by atoms with Crippen molar-refractivity contribution in [3.05, 3.63) is 29.8 Å². The van der Waals surface area contributed by atoms with Gasteiger partial charge in [0.05, 0.1) is 19.8 Å². The zero-order chi connectivity index (χ0) is 19.4. The van der Waals surface area contributed by atoms with Gasteiger partial charge in [-0.3, -0.25) is 4.99 Å². The number of nitrogens with one attached hydrogen (secondary N) is 2. The van der Waals surface area contributed by atoms with E-state index in [2.05, 4.69) is 41.8 Å². The third-order valence-electron chi connectivity index (χ3n) is 4.85. The van der Waals surface area contributed by atoms with Crippen molar-refractivity contribution in [3.63, 3.8) is 0 Å². The van der Waals surface area contributed by atoms with Gasteiger partial charge < -0.3 is 24.8 Å². The molecule has 27 heavy (non-hydrogen) atoms. The van der Waals surface area contributed by atoms with Crippen LogP contribution in [0.2, 0.25) is 0 Å². The van der Waals surface area contributed by atoms with E-state index in [9.17, 15) is 0 Å². The summed E-state index contributed by atoms with van der Waals surface area (Å²) < 4.78 is 16.6. The van der Waals surface area contributed by atoms with Crippen LogP contribution in [0.25, 0.3) is 0 Å². The number of benzene rings is 1. The summed E-state index contributed by atoms with van der Waals surface area (Å²) >= 11 is 0. The Bertz CT molecular complexity index is 554. The van der Waals surface area contributed by atoms with Gasteiger partial charge in [0, 0.05) is 38.3 Å². The van der Waals surface area contributed by atoms with Crippen molar-refractivity contribution in [1.29, 1.82) is 0 Å². The number of guanidine groups is 1. The summed E-state index contributed by atoms with van der Waals surface area (Å²) in [5.41, 5.74) is 1.31. The minimum atomic E-state index is 0.00522. The molecular weight excluding hydrogens is 342 g/mol. The van der Waals surface area contributed by atoms with E-state index in [4.69, 9.17) is 19.2 Å². The highest BCUT2D eigenvalue weighted by molar-refractivity contribution is 5.79. The van der Waals surface area contributed by atoms with Crippen LogP contribution < -0.4 is 15.4 Å². The smallest absolute Gasteiger partial charge is 0.191 e. The molecule has 1 aliphatic heterocycles. The molecule has 1 saturated heterocycles. The van der Waals surface area contributed by atoms with Crippen LogP contribution in [-0.2, 0) is 14.9 Å².